The van der Waals surface area contributed by atoms with Crippen LogP contribution >= 0.6 is 0 Å². The highest BCUT2D eigenvalue weighted by atomic mass is 15.0. The van der Waals surface area contributed by atoms with Crippen LogP contribution in [0, 0.1) is 45.3 Å². The number of aromatic nitrogens is 3. The van der Waals surface area contributed by atoms with Gasteiger partial charge >= 0.3 is 0 Å². The minimum Gasteiger partial charge on any atom is -0.304 e. The molecule has 0 amide bonds. The van der Waals surface area contributed by atoms with Crippen molar-refractivity contribution in [1.29, 1.82) is 0 Å². The summed E-state index contributed by atoms with van der Waals surface area (Å²) in [5.74, 6) is 6.34. The van der Waals surface area contributed by atoms with Gasteiger partial charge in [-0.2, -0.15) is 0 Å². The summed E-state index contributed by atoms with van der Waals surface area (Å²) in [4.78, 5) is 12.1. The molecule has 2 spiro atoms. The number of hydrogen-bond acceptors (Lipinski definition) is 2. The van der Waals surface area contributed by atoms with Gasteiger partial charge in [0.15, 0.2) is 0 Å². The SMILES string of the molecule is CC(C)(C)Cc1nc2c(c3c4cc(-c5ccccc5)cc5c6c7c(nc(CC(C)(C)C)c6n(c13)c45)C1CC3CC4CC7CC34C1)C1CC3CC4CC2CC43C1. The predicted molar refractivity (Wildman–Crippen MR) is 224 cm³/mol. The lowest BCUT2D eigenvalue weighted by molar-refractivity contribution is 0.00321. The van der Waals surface area contributed by atoms with E-state index in [0.29, 0.717) is 34.5 Å². The Bertz CT molecular complexity index is 2540. The fourth-order valence-corrected chi connectivity index (χ4v) is 16.6. The van der Waals surface area contributed by atoms with Crippen LogP contribution in [0.4, 0.5) is 0 Å². The van der Waals surface area contributed by atoms with Crippen molar-refractivity contribution in [2.24, 2.45) is 45.3 Å². The molecule has 14 rings (SSSR count). The monoisotopic (exact) mass is 723 g/mol. The second-order valence-electron chi connectivity index (χ2n) is 23.5. The van der Waals surface area contributed by atoms with Crippen molar-refractivity contribution in [3.05, 3.63) is 76.4 Å². The molecule has 4 heterocycles. The summed E-state index contributed by atoms with van der Waals surface area (Å²) < 4.78 is 2.84. The van der Waals surface area contributed by atoms with Gasteiger partial charge in [-0.1, -0.05) is 71.9 Å². The zero-order valence-corrected chi connectivity index (χ0v) is 34.0. The van der Waals surface area contributed by atoms with Crippen LogP contribution in [0.2, 0.25) is 0 Å². The molecule has 280 valence electrons. The zero-order chi connectivity index (χ0) is 36.7. The molecule has 3 nitrogen and oxygen atoms in total. The van der Waals surface area contributed by atoms with Crippen LogP contribution in [0.25, 0.3) is 49.2 Å². The number of hydrogen-bond donors (Lipinski definition) is 0. The molecule has 0 radical (unpaired) electrons. The highest BCUT2D eigenvalue weighted by Gasteiger charge is 2.67. The minimum atomic E-state index is 0.130. The standard InChI is InChI=1S/C52H57N3/c1-49(2,3)24-38-47-42(40-28-12-32-18-34-14-30(44(40)53-38)22-51(32,34)20-28)36-16-27(26-10-8-7-9-11-26)17-37-43-41-29-13-33-19-35-15-31(23-52(33,35)21-29)45(41)54-39(25-50(4,5)6)48(43)55(47)46(36)37/h7-11,16-17,28-35H,12-15,18-25H2,1-6H3. The smallest absolute Gasteiger partial charge is 0.0761 e. The summed E-state index contributed by atoms with van der Waals surface area (Å²) in [5.41, 5.74) is 17.7. The number of benzene rings is 2. The van der Waals surface area contributed by atoms with Gasteiger partial charge in [0.25, 0.3) is 0 Å². The molecule has 0 saturated heterocycles. The third-order valence-electron chi connectivity index (χ3n) is 18.2. The van der Waals surface area contributed by atoms with Gasteiger partial charge in [-0.25, -0.2) is 0 Å². The van der Waals surface area contributed by atoms with Crippen LogP contribution < -0.4 is 0 Å². The van der Waals surface area contributed by atoms with Crippen molar-refractivity contribution < 1.29 is 0 Å². The normalized spacial score (nSPS) is 36.1. The van der Waals surface area contributed by atoms with E-state index in [1.807, 2.05) is 0 Å². The maximum Gasteiger partial charge on any atom is 0.0761 e. The van der Waals surface area contributed by atoms with Crippen molar-refractivity contribution >= 4 is 38.1 Å². The van der Waals surface area contributed by atoms with Crippen LogP contribution in [0.5, 0.6) is 0 Å². The molecule has 6 bridgehead atoms. The second kappa shape index (κ2) is 9.62. The fourth-order valence-electron chi connectivity index (χ4n) is 16.6. The highest BCUT2D eigenvalue weighted by molar-refractivity contribution is 6.26. The third kappa shape index (κ3) is 3.74. The van der Waals surface area contributed by atoms with Gasteiger partial charge in [-0.05, 0) is 169 Å². The Morgan fingerprint density at radius 2 is 0.982 bits per heavy atom. The summed E-state index contributed by atoms with van der Waals surface area (Å²) >= 11 is 0. The molecule has 8 aliphatic carbocycles. The molecule has 6 saturated carbocycles. The van der Waals surface area contributed by atoms with E-state index >= 15 is 0 Å². The molecule has 6 fully saturated rings. The average molecular weight is 724 g/mol. The van der Waals surface area contributed by atoms with Gasteiger partial charge < -0.3 is 4.40 Å². The first-order valence-electron chi connectivity index (χ1n) is 22.6. The number of rotatable bonds is 3. The molecule has 10 atom stereocenters. The largest absolute Gasteiger partial charge is 0.304 e. The molecule has 6 aromatic rings. The van der Waals surface area contributed by atoms with Crippen molar-refractivity contribution in [2.75, 3.05) is 0 Å². The summed E-state index contributed by atoms with van der Waals surface area (Å²) in [6.07, 6.45) is 16.1. The molecule has 0 aliphatic heterocycles. The summed E-state index contributed by atoms with van der Waals surface area (Å²) in [6, 6.07) is 16.7. The molecular formula is C52H57N3. The number of nitrogens with zero attached hydrogens (tertiary/aromatic N) is 3. The molecule has 4 aromatic heterocycles. The Morgan fingerprint density at radius 3 is 1.44 bits per heavy atom. The Balaban J connectivity index is 1.19. The summed E-state index contributed by atoms with van der Waals surface area (Å²) in [5, 5.41) is 6.20. The zero-order valence-electron chi connectivity index (χ0n) is 34.0. The Hall–Kier alpha value is -3.46. The van der Waals surface area contributed by atoms with Crippen molar-refractivity contribution in [1.82, 2.24) is 14.4 Å². The van der Waals surface area contributed by atoms with Crippen LogP contribution in [0.1, 0.15) is 163 Å². The molecular weight excluding hydrogens is 667 g/mol. The Labute approximate surface area is 326 Å². The van der Waals surface area contributed by atoms with Gasteiger partial charge in [0, 0.05) is 44.8 Å². The van der Waals surface area contributed by atoms with Crippen LogP contribution in [-0.2, 0) is 12.8 Å². The van der Waals surface area contributed by atoms with Crippen LogP contribution in [0.15, 0.2) is 42.5 Å². The Morgan fingerprint density at radius 1 is 0.545 bits per heavy atom. The van der Waals surface area contributed by atoms with E-state index in [1.165, 1.54) is 125 Å². The molecule has 2 aromatic carbocycles. The van der Waals surface area contributed by atoms with Gasteiger partial charge in [0.05, 0.1) is 27.9 Å². The lowest BCUT2D eigenvalue weighted by Gasteiger charge is -2.48. The first-order chi connectivity index (χ1) is 26.4. The number of pyridine rings is 2. The minimum absolute atomic E-state index is 0.130. The molecule has 3 heteroatoms. The van der Waals surface area contributed by atoms with Crippen LogP contribution in [-0.4, -0.2) is 14.4 Å². The molecule has 8 aliphatic rings. The highest BCUT2D eigenvalue weighted by Crippen LogP contribution is 2.78. The fraction of sp³-hybridized carbons (Fsp3) is 0.577. The van der Waals surface area contributed by atoms with Crippen molar-refractivity contribution in [2.45, 2.75) is 142 Å². The predicted octanol–water partition coefficient (Wildman–Crippen LogP) is 13.3. The van der Waals surface area contributed by atoms with Gasteiger partial charge in [-0.3, -0.25) is 9.97 Å². The first kappa shape index (κ1) is 31.6. The third-order valence-corrected chi connectivity index (χ3v) is 18.2. The maximum atomic E-state index is 6.06. The summed E-state index contributed by atoms with van der Waals surface area (Å²) in [7, 11) is 0. The summed E-state index contributed by atoms with van der Waals surface area (Å²) in [6.45, 7) is 14.6. The van der Waals surface area contributed by atoms with Crippen LogP contribution in [0.3, 0.4) is 0 Å². The Kier molecular flexibility index (Phi) is 5.53. The molecule has 55 heavy (non-hydrogen) atoms. The lowest BCUT2D eigenvalue weighted by atomic mass is 9.56. The molecule has 10 unspecified atom stereocenters. The topological polar surface area (TPSA) is 30.2 Å². The number of fused-ring (bicyclic) bond motifs is 18. The first-order valence-corrected chi connectivity index (χ1v) is 22.6. The van der Waals surface area contributed by atoms with E-state index in [1.54, 1.807) is 21.9 Å². The molecule has 0 N–H and O–H groups in total. The van der Waals surface area contributed by atoms with E-state index in [-0.39, 0.29) is 10.8 Å². The van der Waals surface area contributed by atoms with Gasteiger partial charge in [0.1, 0.15) is 0 Å². The lowest BCUT2D eigenvalue weighted by Crippen LogP contribution is -2.41. The van der Waals surface area contributed by atoms with E-state index in [2.05, 4.69) is 88.4 Å². The second-order valence-corrected chi connectivity index (χ2v) is 23.5. The van der Waals surface area contributed by atoms with E-state index in [4.69, 9.17) is 9.97 Å². The van der Waals surface area contributed by atoms with Crippen molar-refractivity contribution in [3.8, 4) is 11.1 Å². The van der Waals surface area contributed by atoms with Gasteiger partial charge in [0.2, 0.25) is 0 Å². The van der Waals surface area contributed by atoms with Gasteiger partial charge in [-0.15, -0.1) is 0 Å². The van der Waals surface area contributed by atoms with E-state index in [0.717, 1.165) is 36.5 Å². The average Bonchev–Trinajstić information content (AvgIpc) is 3.91. The maximum absolute atomic E-state index is 6.06. The van der Waals surface area contributed by atoms with E-state index in [9.17, 15) is 0 Å². The van der Waals surface area contributed by atoms with E-state index < -0.39 is 0 Å². The quantitative estimate of drug-likeness (QED) is 0.182. The van der Waals surface area contributed by atoms with Crippen molar-refractivity contribution in [3.63, 3.8) is 0 Å².